The first-order chi connectivity index (χ1) is 7.50. The Morgan fingerprint density at radius 2 is 2.50 bits per heavy atom. The zero-order valence-corrected chi connectivity index (χ0v) is 9.89. The van der Waals surface area contributed by atoms with Crippen molar-refractivity contribution in [3.8, 4) is 0 Å². The summed E-state index contributed by atoms with van der Waals surface area (Å²) in [6.45, 7) is 1.64. The number of likely N-dealkylation sites (tertiary alicyclic amines) is 1. The van der Waals surface area contributed by atoms with Gasteiger partial charge in [0.15, 0.2) is 0 Å². The second-order valence-corrected chi connectivity index (χ2v) is 4.15. The molecule has 1 aliphatic rings. The van der Waals surface area contributed by atoms with E-state index in [0.717, 1.165) is 0 Å². The molecule has 0 aromatic carbocycles. The van der Waals surface area contributed by atoms with E-state index in [1.165, 1.54) is 11.0 Å². The number of carbonyl (C=O) groups excluding carboxylic acids is 2. The molecule has 0 spiro atoms. The molecular formula is C10H15NO4S. The highest BCUT2D eigenvalue weighted by Gasteiger charge is 2.34. The van der Waals surface area contributed by atoms with Crippen LogP contribution in [0.5, 0.6) is 0 Å². The van der Waals surface area contributed by atoms with Crippen LogP contribution in [0.4, 0.5) is 0 Å². The van der Waals surface area contributed by atoms with Crippen molar-refractivity contribution in [3.63, 3.8) is 0 Å². The number of hydrogen-bond donors (Lipinski definition) is 2. The summed E-state index contributed by atoms with van der Waals surface area (Å²) in [7, 11) is 0. The van der Waals surface area contributed by atoms with Crippen molar-refractivity contribution in [3.05, 3.63) is 12.2 Å². The maximum absolute atomic E-state index is 11.2. The Labute approximate surface area is 99.5 Å². The minimum Gasteiger partial charge on any atom is -0.460 e. The molecule has 1 unspecified atom stereocenters. The summed E-state index contributed by atoms with van der Waals surface area (Å²) in [6.07, 6.45) is 2.89. The van der Waals surface area contributed by atoms with Crippen LogP contribution in [0.3, 0.4) is 0 Å². The molecule has 2 atom stereocenters. The molecule has 90 valence electrons. The van der Waals surface area contributed by atoms with Gasteiger partial charge in [-0.1, -0.05) is 6.08 Å². The van der Waals surface area contributed by atoms with Crippen molar-refractivity contribution < 1.29 is 19.4 Å². The Morgan fingerprint density at radius 1 is 1.81 bits per heavy atom. The molecular weight excluding hydrogens is 230 g/mol. The van der Waals surface area contributed by atoms with Crippen LogP contribution in [0.15, 0.2) is 12.2 Å². The zero-order valence-electron chi connectivity index (χ0n) is 9.00. The van der Waals surface area contributed by atoms with Crippen LogP contribution in [0.2, 0.25) is 0 Å². The highest BCUT2D eigenvalue weighted by molar-refractivity contribution is 7.81. The van der Waals surface area contributed by atoms with Crippen molar-refractivity contribution in [2.75, 3.05) is 13.2 Å². The number of hydrogen-bond acceptors (Lipinski definition) is 5. The molecule has 1 amide bonds. The van der Waals surface area contributed by atoms with Crippen LogP contribution in [-0.4, -0.2) is 46.5 Å². The van der Waals surface area contributed by atoms with Gasteiger partial charge in [0.05, 0.1) is 17.9 Å². The van der Waals surface area contributed by atoms with E-state index in [1.807, 2.05) is 0 Å². The van der Waals surface area contributed by atoms with Crippen molar-refractivity contribution in [2.45, 2.75) is 24.8 Å². The van der Waals surface area contributed by atoms with E-state index >= 15 is 0 Å². The third-order valence-corrected chi connectivity index (χ3v) is 2.55. The maximum Gasteiger partial charge on any atom is 0.325 e. The Morgan fingerprint density at radius 3 is 3.00 bits per heavy atom. The molecule has 1 saturated heterocycles. The molecule has 0 aromatic heterocycles. The maximum atomic E-state index is 11.2. The Kier molecular flexibility index (Phi) is 4.82. The SMILES string of the molecule is CC(O)C=CCOC(=O)CN1C(=O)C[C@H]1S. The molecule has 1 rings (SSSR count). The molecule has 1 fully saturated rings. The van der Waals surface area contributed by atoms with E-state index in [9.17, 15) is 9.59 Å². The summed E-state index contributed by atoms with van der Waals surface area (Å²) in [5, 5.41) is 8.72. The molecule has 1 heterocycles. The summed E-state index contributed by atoms with van der Waals surface area (Å²) in [4.78, 5) is 23.6. The molecule has 0 saturated carbocycles. The number of amides is 1. The number of esters is 1. The smallest absolute Gasteiger partial charge is 0.325 e. The van der Waals surface area contributed by atoms with Crippen LogP contribution in [0.25, 0.3) is 0 Å². The monoisotopic (exact) mass is 245 g/mol. The summed E-state index contributed by atoms with van der Waals surface area (Å²) in [5.74, 6) is -0.557. The van der Waals surface area contributed by atoms with E-state index in [-0.39, 0.29) is 24.4 Å². The average Bonchev–Trinajstić information content (AvgIpc) is 2.21. The van der Waals surface area contributed by atoms with Crippen LogP contribution >= 0.6 is 12.6 Å². The minimum absolute atomic E-state index is 0.0600. The van der Waals surface area contributed by atoms with Crippen molar-refractivity contribution in [1.82, 2.24) is 4.90 Å². The van der Waals surface area contributed by atoms with Gasteiger partial charge in [-0.2, -0.15) is 12.6 Å². The van der Waals surface area contributed by atoms with E-state index in [1.54, 1.807) is 13.0 Å². The Balaban J connectivity index is 2.19. The fraction of sp³-hybridized carbons (Fsp3) is 0.600. The number of aliphatic hydroxyl groups is 1. The van der Waals surface area contributed by atoms with Crippen molar-refractivity contribution in [2.24, 2.45) is 0 Å². The van der Waals surface area contributed by atoms with Gasteiger partial charge >= 0.3 is 5.97 Å². The van der Waals surface area contributed by atoms with Crippen molar-refractivity contribution >= 4 is 24.5 Å². The predicted molar refractivity (Wildman–Crippen MR) is 60.9 cm³/mol. The summed E-state index contributed by atoms with van der Waals surface area (Å²) in [6, 6.07) is 0. The lowest BCUT2D eigenvalue weighted by Gasteiger charge is -2.36. The van der Waals surface area contributed by atoms with Crippen LogP contribution < -0.4 is 0 Å². The molecule has 16 heavy (non-hydrogen) atoms. The highest BCUT2D eigenvalue weighted by atomic mass is 32.1. The number of aliphatic hydroxyl groups excluding tert-OH is 1. The number of ether oxygens (including phenoxy) is 1. The number of rotatable bonds is 5. The van der Waals surface area contributed by atoms with Gasteiger partial charge in [-0.25, -0.2) is 0 Å². The fourth-order valence-electron chi connectivity index (χ4n) is 1.21. The van der Waals surface area contributed by atoms with Gasteiger partial charge in [0.25, 0.3) is 0 Å². The predicted octanol–water partition coefficient (Wildman–Crippen LogP) is -0.0452. The molecule has 5 nitrogen and oxygen atoms in total. The van der Waals surface area contributed by atoms with Crippen LogP contribution in [0.1, 0.15) is 13.3 Å². The minimum atomic E-state index is -0.558. The van der Waals surface area contributed by atoms with Gasteiger partial charge in [-0.05, 0) is 13.0 Å². The highest BCUT2D eigenvalue weighted by Crippen LogP contribution is 2.21. The lowest BCUT2D eigenvalue weighted by Crippen LogP contribution is -2.51. The average molecular weight is 245 g/mol. The van der Waals surface area contributed by atoms with Gasteiger partial charge in [0, 0.05) is 0 Å². The fourth-order valence-corrected chi connectivity index (χ4v) is 1.58. The largest absolute Gasteiger partial charge is 0.460 e. The molecule has 1 aliphatic heterocycles. The van der Waals surface area contributed by atoms with Gasteiger partial charge < -0.3 is 14.7 Å². The molecule has 0 aliphatic carbocycles. The van der Waals surface area contributed by atoms with Crippen LogP contribution in [-0.2, 0) is 14.3 Å². The van der Waals surface area contributed by atoms with Crippen molar-refractivity contribution in [1.29, 1.82) is 0 Å². The molecule has 6 heteroatoms. The lowest BCUT2D eigenvalue weighted by atomic mass is 10.2. The molecule has 1 N–H and O–H groups in total. The normalized spacial score (nSPS) is 22.1. The summed E-state index contributed by atoms with van der Waals surface area (Å²) >= 11 is 4.10. The Bertz CT molecular complexity index is 303. The summed E-state index contributed by atoms with van der Waals surface area (Å²) in [5.41, 5.74) is 0. The van der Waals surface area contributed by atoms with Gasteiger partial charge in [0.2, 0.25) is 5.91 Å². The van der Waals surface area contributed by atoms with E-state index in [2.05, 4.69) is 12.6 Å². The standard InChI is InChI=1S/C10H15NO4S/c1-7(12)3-2-4-15-10(14)6-11-8(13)5-9(11)16/h2-3,7,9,12,16H,4-6H2,1H3/t7?,9-/m1/s1. The number of thiol groups is 1. The molecule has 0 bridgehead atoms. The first kappa shape index (κ1) is 13.1. The van der Waals surface area contributed by atoms with Gasteiger partial charge in [0.1, 0.15) is 13.2 Å². The topological polar surface area (TPSA) is 66.8 Å². The first-order valence-corrected chi connectivity index (χ1v) is 5.50. The van der Waals surface area contributed by atoms with E-state index in [4.69, 9.17) is 9.84 Å². The second kappa shape index (κ2) is 5.91. The second-order valence-electron chi connectivity index (χ2n) is 3.56. The van der Waals surface area contributed by atoms with E-state index in [0.29, 0.717) is 6.42 Å². The third kappa shape index (κ3) is 3.86. The summed E-state index contributed by atoms with van der Waals surface area (Å²) < 4.78 is 4.83. The lowest BCUT2D eigenvalue weighted by molar-refractivity contribution is -0.154. The van der Waals surface area contributed by atoms with Gasteiger partial charge in [-0.3, -0.25) is 9.59 Å². The zero-order chi connectivity index (χ0) is 12.1. The van der Waals surface area contributed by atoms with Crippen LogP contribution in [0, 0.1) is 0 Å². The Hall–Kier alpha value is -1.01. The molecule has 0 aromatic rings. The first-order valence-electron chi connectivity index (χ1n) is 4.98. The van der Waals surface area contributed by atoms with Gasteiger partial charge in [-0.15, -0.1) is 0 Å². The molecule has 0 radical (unpaired) electrons. The van der Waals surface area contributed by atoms with E-state index < -0.39 is 12.1 Å². The third-order valence-electron chi connectivity index (χ3n) is 2.09. The number of β-lactam (4-membered cyclic amide) rings is 1. The number of carbonyl (C=O) groups is 2. The quantitative estimate of drug-likeness (QED) is 0.308. The number of nitrogens with zero attached hydrogens (tertiary/aromatic N) is 1.